The molecule has 0 aromatic heterocycles. The molecule has 0 bridgehead atoms. The lowest BCUT2D eigenvalue weighted by Crippen LogP contribution is -2.39. The Hall–Kier alpha value is -1.06. The third kappa shape index (κ3) is 3.27. The first-order chi connectivity index (χ1) is 11.0. The van der Waals surface area contributed by atoms with Crippen LogP contribution in [0.25, 0.3) is 0 Å². The van der Waals surface area contributed by atoms with Crippen molar-refractivity contribution in [2.45, 2.75) is 78.3 Å². The third-order valence-corrected chi connectivity index (χ3v) is 5.66. The average molecular weight is 320 g/mol. The first-order valence-electron chi connectivity index (χ1n) is 9.45. The maximum atomic E-state index is 6.12. The van der Waals surface area contributed by atoms with Gasteiger partial charge in [0.1, 0.15) is 18.6 Å². The van der Waals surface area contributed by atoms with E-state index in [1.54, 1.807) is 0 Å². The maximum absolute atomic E-state index is 6.12. The lowest BCUT2D eigenvalue weighted by atomic mass is 9.79. The van der Waals surface area contributed by atoms with Crippen molar-refractivity contribution in [2.75, 3.05) is 13.2 Å². The Kier molecular flexibility index (Phi) is 4.98. The smallest absolute Gasteiger partial charge is 0.199 e. The van der Waals surface area contributed by atoms with E-state index >= 15 is 0 Å². The number of nitrogens with zero attached hydrogens (tertiary/aromatic N) is 2. The van der Waals surface area contributed by atoms with Crippen LogP contribution in [0.1, 0.15) is 66.2 Å². The topological polar surface area (TPSA) is 43.2 Å². The molecule has 130 valence electrons. The van der Waals surface area contributed by atoms with E-state index in [2.05, 4.69) is 27.7 Å². The quantitative estimate of drug-likeness (QED) is 0.727. The minimum atomic E-state index is -0.191. The Bertz CT molecular complexity index is 438. The summed E-state index contributed by atoms with van der Waals surface area (Å²) in [4.78, 5) is 9.95. The lowest BCUT2D eigenvalue weighted by molar-refractivity contribution is 0.229. The van der Waals surface area contributed by atoms with Gasteiger partial charge in [-0.25, -0.2) is 9.98 Å². The van der Waals surface area contributed by atoms with Crippen molar-refractivity contribution in [3.05, 3.63) is 0 Å². The number of aliphatic imine (C=N–C) groups is 2. The van der Waals surface area contributed by atoms with Crippen molar-refractivity contribution in [3.63, 3.8) is 0 Å². The van der Waals surface area contributed by atoms with Crippen LogP contribution in [0, 0.1) is 17.3 Å². The Labute approximate surface area is 140 Å². The van der Waals surface area contributed by atoms with Crippen LogP contribution in [0.4, 0.5) is 0 Å². The van der Waals surface area contributed by atoms with E-state index < -0.39 is 0 Å². The standard InChI is InChI=1S/C19H32N2O2/c1-13(2)15-11-22-17(20-15)19(9-7-5-6-8-10-19)18-21-16(12-23-18)14(3)4/h13-16H,5-12H2,1-4H3. The molecule has 0 aromatic carbocycles. The van der Waals surface area contributed by atoms with E-state index in [1.165, 1.54) is 25.7 Å². The average Bonchev–Trinajstić information content (AvgIpc) is 3.14. The van der Waals surface area contributed by atoms with Gasteiger partial charge >= 0.3 is 0 Å². The van der Waals surface area contributed by atoms with Gasteiger partial charge in [-0.05, 0) is 24.7 Å². The van der Waals surface area contributed by atoms with Crippen molar-refractivity contribution in [3.8, 4) is 0 Å². The van der Waals surface area contributed by atoms with Crippen LogP contribution in [0.2, 0.25) is 0 Å². The monoisotopic (exact) mass is 320 g/mol. The Morgan fingerprint density at radius 2 is 1.22 bits per heavy atom. The summed E-state index contributed by atoms with van der Waals surface area (Å²) in [6.45, 7) is 10.3. The Morgan fingerprint density at radius 1 is 0.783 bits per heavy atom. The summed E-state index contributed by atoms with van der Waals surface area (Å²) in [6.07, 6.45) is 7.15. The van der Waals surface area contributed by atoms with Gasteiger partial charge in [-0.2, -0.15) is 0 Å². The Morgan fingerprint density at radius 3 is 1.57 bits per heavy atom. The van der Waals surface area contributed by atoms with Crippen LogP contribution >= 0.6 is 0 Å². The first-order valence-corrected chi connectivity index (χ1v) is 9.45. The van der Waals surface area contributed by atoms with Gasteiger partial charge in [0.15, 0.2) is 11.8 Å². The van der Waals surface area contributed by atoms with Crippen molar-refractivity contribution >= 4 is 11.8 Å². The fourth-order valence-corrected chi connectivity index (χ4v) is 3.84. The van der Waals surface area contributed by atoms with Crippen LogP contribution in [0.5, 0.6) is 0 Å². The molecule has 0 amide bonds. The molecule has 1 saturated carbocycles. The van der Waals surface area contributed by atoms with E-state index in [1.807, 2.05) is 0 Å². The second kappa shape index (κ2) is 6.82. The van der Waals surface area contributed by atoms with Gasteiger partial charge in [0.2, 0.25) is 0 Å². The molecule has 1 fully saturated rings. The molecule has 2 aliphatic heterocycles. The molecular weight excluding hydrogens is 288 g/mol. The predicted octanol–water partition coefficient (Wildman–Crippen LogP) is 4.23. The highest BCUT2D eigenvalue weighted by Crippen LogP contribution is 2.42. The van der Waals surface area contributed by atoms with E-state index in [0.29, 0.717) is 11.8 Å². The molecule has 0 radical (unpaired) electrons. The molecule has 2 unspecified atom stereocenters. The molecule has 23 heavy (non-hydrogen) atoms. The zero-order chi connectivity index (χ0) is 16.4. The molecule has 3 aliphatic rings. The number of ether oxygens (including phenoxy) is 2. The number of hydrogen-bond donors (Lipinski definition) is 0. The zero-order valence-corrected chi connectivity index (χ0v) is 15.2. The summed E-state index contributed by atoms with van der Waals surface area (Å²) < 4.78 is 12.2. The minimum absolute atomic E-state index is 0.191. The summed E-state index contributed by atoms with van der Waals surface area (Å²) in [5.41, 5.74) is -0.191. The van der Waals surface area contributed by atoms with Crippen LogP contribution in [0.3, 0.4) is 0 Å². The van der Waals surface area contributed by atoms with Gasteiger partial charge < -0.3 is 9.47 Å². The van der Waals surface area contributed by atoms with Gasteiger partial charge in [-0.15, -0.1) is 0 Å². The second-order valence-corrected chi connectivity index (χ2v) is 8.11. The van der Waals surface area contributed by atoms with E-state index in [9.17, 15) is 0 Å². The zero-order valence-electron chi connectivity index (χ0n) is 15.2. The Balaban J connectivity index is 1.92. The summed E-state index contributed by atoms with van der Waals surface area (Å²) in [5, 5.41) is 0. The van der Waals surface area contributed by atoms with Gasteiger partial charge in [0.05, 0.1) is 12.1 Å². The molecule has 1 aliphatic carbocycles. The fraction of sp³-hybridized carbons (Fsp3) is 0.895. The van der Waals surface area contributed by atoms with Gasteiger partial charge in [0, 0.05) is 0 Å². The van der Waals surface area contributed by atoms with Crippen molar-refractivity contribution < 1.29 is 9.47 Å². The number of rotatable bonds is 4. The van der Waals surface area contributed by atoms with Gasteiger partial charge in [-0.3, -0.25) is 0 Å². The van der Waals surface area contributed by atoms with E-state index in [0.717, 1.165) is 37.9 Å². The lowest BCUT2D eigenvalue weighted by Gasteiger charge is -2.30. The van der Waals surface area contributed by atoms with Crippen molar-refractivity contribution in [1.29, 1.82) is 0 Å². The molecule has 4 heteroatoms. The van der Waals surface area contributed by atoms with Crippen molar-refractivity contribution in [2.24, 2.45) is 27.2 Å². The minimum Gasteiger partial charge on any atom is -0.478 e. The van der Waals surface area contributed by atoms with Gasteiger partial charge in [-0.1, -0.05) is 53.4 Å². The summed E-state index contributed by atoms with van der Waals surface area (Å²) in [7, 11) is 0. The van der Waals surface area contributed by atoms with E-state index in [4.69, 9.17) is 19.5 Å². The molecule has 0 N–H and O–H groups in total. The second-order valence-electron chi connectivity index (χ2n) is 8.11. The predicted molar refractivity (Wildman–Crippen MR) is 94.2 cm³/mol. The molecule has 2 atom stereocenters. The SMILES string of the molecule is CC(C)C1COC(C2(C3=NC(C(C)C)CO3)CCCCCC2)=N1. The molecular formula is C19H32N2O2. The summed E-state index contributed by atoms with van der Waals surface area (Å²) in [5.74, 6) is 2.87. The molecule has 0 saturated heterocycles. The maximum Gasteiger partial charge on any atom is 0.199 e. The summed E-state index contributed by atoms with van der Waals surface area (Å²) in [6, 6.07) is 0.570. The van der Waals surface area contributed by atoms with Crippen molar-refractivity contribution in [1.82, 2.24) is 0 Å². The molecule has 4 nitrogen and oxygen atoms in total. The van der Waals surface area contributed by atoms with Crippen LogP contribution < -0.4 is 0 Å². The normalized spacial score (nSPS) is 30.7. The van der Waals surface area contributed by atoms with Crippen LogP contribution in [0.15, 0.2) is 9.98 Å². The van der Waals surface area contributed by atoms with Gasteiger partial charge in [0.25, 0.3) is 0 Å². The first kappa shape index (κ1) is 16.8. The summed E-state index contributed by atoms with van der Waals surface area (Å²) >= 11 is 0. The highest BCUT2D eigenvalue weighted by molar-refractivity contribution is 6.06. The fourth-order valence-electron chi connectivity index (χ4n) is 3.84. The molecule has 2 heterocycles. The van der Waals surface area contributed by atoms with Crippen LogP contribution in [-0.4, -0.2) is 37.1 Å². The largest absolute Gasteiger partial charge is 0.478 e. The highest BCUT2D eigenvalue weighted by atomic mass is 16.5. The van der Waals surface area contributed by atoms with Crippen LogP contribution in [-0.2, 0) is 9.47 Å². The molecule has 0 aromatic rings. The highest BCUT2D eigenvalue weighted by Gasteiger charge is 2.48. The number of hydrogen-bond acceptors (Lipinski definition) is 4. The third-order valence-electron chi connectivity index (χ3n) is 5.66. The van der Waals surface area contributed by atoms with E-state index in [-0.39, 0.29) is 17.5 Å². The molecule has 0 spiro atoms. The molecule has 3 rings (SSSR count).